The molecule has 0 aliphatic carbocycles. The van der Waals surface area contributed by atoms with Crippen molar-refractivity contribution in [3.63, 3.8) is 0 Å². The summed E-state index contributed by atoms with van der Waals surface area (Å²) < 4.78 is 5.43. The van der Waals surface area contributed by atoms with E-state index < -0.39 is 0 Å². The van der Waals surface area contributed by atoms with E-state index in [1.54, 1.807) is 0 Å². The Labute approximate surface area is 97.0 Å². The quantitative estimate of drug-likeness (QED) is 0.814. The van der Waals surface area contributed by atoms with Gasteiger partial charge < -0.3 is 9.64 Å². The van der Waals surface area contributed by atoms with Gasteiger partial charge in [-0.15, -0.1) is 0 Å². The molecule has 0 saturated carbocycles. The summed E-state index contributed by atoms with van der Waals surface area (Å²) in [6, 6.07) is 2.02. The molecule has 1 aliphatic rings. The molecule has 1 aromatic rings. The number of hydrogen-bond acceptors (Lipinski definition) is 5. The summed E-state index contributed by atoms with van der Waals surface area (Å²) in [6.45, 7) is 4.39. The lowest BCUT2D eigenvalue weighted by molar-refractivity contribution is 0.0430. The minimum absolute atomic E-state index is 0.295. The molecular formula is C9H10ClN3OS. The van der Waals surface area contributed by atoms with Gasteiger partial charge in [0.1, 0.15) is 10.9 Å². The van der Waals surface area contributed by atoms with E-state index in [1.165, 1.54) is 11.3 Å². The highest BCUT2D eigenvalue weighted by Crippen LogP contribution is 2.31. The lowest BCUT2D eigenvalue weighted by Crippen LogP contribution is -2.52. The van der Waals surface area contributed by atoms with Gasteiger partial charge in [0.05, 0.1) is 6.10 Å². The highest BCUT2D eigenvalue weighted by molar-refractivity contribution is 7.16. The van der Waals surface area contributed by atoms with Gasteiger partial charge in [0.25, 0.3) is 0 Å². The largest absolute Gasteiger partial charge is 0.375 e. The van der Waals surface area contributed by atoms with Crippen LogP contribution in [0, 0.1) is 11.3 Å². The number of rotatable bonds is 3. The summed E-state index contributed by atoms with van der Waals surface area (Å²) in [4.78, 5) is 6.68. The summed E-state index contributed by atoms with van der Waals surface area (Å²) in [5, 5.41) is 9.85. The summed E-state index contributed by atoms with van der Waals surface area (Å²) in [5.41, 5.74) is 0. The van der Waals surface area contributed by atoms with Crippen LogP contribution in [0.15, 0.2) is 0 Å². The molecule has 0 aromatic carbocycles. The number of nitriles is 1. The monoisotopic (exact) mass is 243 g/mol. The first-order chi connectivity index (χ1) is 7.24. The first-order valence-corrected chi connectivity index (χ1v) is 5.87. The molecule has 6 heteroatoms. The second-order valence-electron chi connectivity index (χ2n) is 3.21. The molecule has 1 aliphatic heterocycles. The van der Waals surface area contributed by atoms with E-state index in [1.807, 2.05) is 13.0 Å². The third kappa shape index (κ3) is 2.07. The van der Waals surface area contributed by atoms with Gasteiger partial charge in [0.2, 0.25) is 0 Å². The van der Waals surface area contributed by atoms with E-state index in [2.05, 4.69) is 9.88 Å². The number of anilines is 1. The van der Waals surface area contributed by atoms with Gasteiger partial charge >= 0.3 is 0 Å². The van der Waals surface area contributed by atoms with Crippen molar-refractivity contribution in [2.45, 2.75) is 13.0 Å². The molecule has 2 rings (SSSR count). The third-order valence-electron chi connectivity index (χ3n) is 2.20. The molecule has 1 saturated heterocycles. The first-order valence-electron chi connectivity index (χ1n) is 4.67. The molecular weight excluding hydrogens is 234 g/mol. The Morgan fingerprint density at radius 2 is 2.47 bits per heavy atom. The van der Waals surface area contributed by atoms with E-state index in [0.717, 1.165) is 24.8 Å². The Morgan fingerprint density at radius 3 is 3.00 bits per heavy atom. The molecule has 0 atom stereocenters. The minimum Gasteiger partial charge on any atom is -0.375 e. The predicted octanol–water partition coefficient (Wildman–Crippen LogP) is 1.89. The molecule has 80 valence electrons. The zero-order valence-electron chi connectivity index (χ0n) is 8.23. The highest BCUT2D eigenvalue weighted by Gasteiger charge is 2.29. The fourth-order valence-corrected chi connectivity index (χ4v) is 2.49. The fraction of sp³-hybridized carbons (Fsp3) is 0.556. The van der Waals surface area contributed by atoms with E-state index >= 15 is 0 Å². The van der Waals surface area contributed by atoms with Crippen molar-refractivity contribution in [3.05, 3.63) is 10.0 Å². The molecule has 0 amide bonds. The van der Waals surface area contributed by atoms with Gasteiger partial charge in [-0.05, 0) is 6.92 Å². The van der Waals surface area contributed by atoms with Gasteiger partial charge in [0, 0.05) is 19.7 Å². The van der Waals surface area contributed by atoms with Crippen molar-refractivity contribution in [1.29, 1.82) is 5.26 Å². The molecule has 0 N–H and O–H groups in total. The summed E-state index contributed by atoms with van der Waals surface area (Å²) in [7, 11) is 0. The zero-order valence-corrected chi connectivity index (χ0v) is 9.81. The van der Waals surface area contributed by atoms with Crippen LogP contribution in [-0.4, -0.2) is 30.8 Å². The van der Waals surface area contributed by atoms with Gasteiger partial charge in [0.15, 0.2) is 10.3 Å². The van der Waals surface area contributed by atoms with Crippen molar-refractivity contribution >= 4 is 28.1 Å². The van der Waals surface area contributed by atoms with E-state index in [4.69, 9.17) is 21.6 Å². The minimum atomic E-state index is 0.295. The first kappa shape index (κ1) is 10.7. The van der Waals surface area contributed by atoms with Gasteiger partial charge in [-0.2, -0.15) is 5.26 Å². The lowest BCUT2D eigenvalue weighted by Gasteiger charge is -2.38. The maximum atomic E-state index is 8.73. The zero-order chi connectivity index (χ0) is 10.8. The Morgan fingerprint density at radius 1 is 1.73 bits per heavy atom. The van der Waals surface area contributed by atoms with Crippen LogP contribution in [0.25, 0.3) is 0 Å². The van der Waals surface area contributed by atoms with Crippen LogP contribution in [0.3, 0.4) is 0 Å². The molecule has 0 spiro atoms. The lowest BCUT2D eigenvalue weighted by atomic mass is 10.2. The maximum Gasteiger partial charge on any atom is 0.188 e. The standard InChI is InChI=1S/C9H10ClN3OS/c1-2-14-6-4-13(5-6)9-12-8(10)7(3-11)15-9/h6H,2,4-5H2,1H3. The molecule has 15 heavy (non-hydrogen) atoms. The average molecular weight is 244 g/mol. The number of hydrogen-bond donors (Lipinski definition) is 0. The molecule has 0 bridgehead atoms. The van der Waals surface area contributed by atoms with Gasteiger partial charge in [-0.3, -0.25) is 0 Å². The topological polar surface area (TPSA) is 49.1 Å². The molecule has 2 heterocycles. The second-order valence-corrected chi connectivity index (χ2v) is 4.55. The van der Waals surface area contributed by atoms with Crippen LogP contribution >= 0.6 is 22.9 Å². The van der Waals surface area contributed by atoms with E-state index in [-0.39, 0.29) is 0 Å². The van der Waals surface area contributed by atoms with Gasteiger partial charge in [-0.25, -0.2) is 4.98 Å². The number of halogens is 1. The number of nitrogens with zero attached hydrogens (tertiary/aromatic N) is 3. The SMILES string of the molecule is CCOC1CN(c2nc(Cl)c(C#N)s2)C1. The highest BCUT2D eigenvalue weighted by atomic mass is 35.5. The Hall–Kier alpha value is -0.830. The van der Waals surface area contributed by atoms with E-state index in [9.17, 15) is 0 Å². The molecule has 1 aromatic heterocycles. The molecule has 0 radical (unpaired) electrons. The second kappa shape index (κ2) is 4.35. The van der Waals surface area contributed by atoms with Gasteiger partial charge in [-0.1, -0.05) is 22.9 Å². The average Bonchev–Trinajstić information content (AvgIpc) is 2.52. The van der Waals surface area contributed by atoms with Crippen molar-refractivity contribution in [3.8, 4) is 6.07 Å². The normalized spacial score (nSPS) is 16.2. The van der Waals surface area contributed by atoms with Crippen molar-refractivity contribution in [2.75, 3.05) is 24.6 Å². The van der Waals surface area contributed by atoms with Crippen LogP contribution in [0.5, 0.6) is 0 Å². The van der Waals surface area contributed by atoms with Crippen molar-refractivity contribution in [2.24, 2.45) is 0 Å². The number of thiazole rings is 1. The molecule has 0 unspecified atom stereocenters. The summed E-state index contributed by atoms with van der Waals surface area (Å²) in [6.07, 6.45) is 0.295. The van der Waals surface area contributed by atoms with Crippen LogP contribution in [-0.2, 0) is 4.74 Å². The van der Waals surface area contributed by atoms with Crippen LogP contribution in [0.1, 0.15) is 11.8 Å². The van der Waals surface area contributed by atoms with Crippen LogP contribution < -0.4 is 4.90 Å². The third-order valence-corrected chi connectivity index (χ3v) is 3.60. The summed E-state index contributed by atoms with van der Waals surface area (Å²) >= 11 is 7.12. The van der Waals surface area contributed by atoms with Crippen LogP contribution in [0.4, 0.5) is 5.13 Å². The van der Waals surface area contributed by atoms with Crippen LogP contribution in [0.2, 0.25) is 5.15 Å². The number of aromatic nitrogens is 1. The maximum absolute atomic E-state index is 8.73. The predicted molar refractivity (Wildman–Crippen MR) is 59.5 cm³/mol. The fourth-order valence-electron chi connectivity index (χ4n) is 1.43. The summed E-state index contributed by atoms with van der Waals surface area (Å²) in [5.74, 6) is 0. The van der Waals surface area contributed by atoms with Crippen molar-refractivity contribution in [1.82, 2.24) is 4.98 Å². The Kier molecular flexibility index (Phi) is 3.10. The molecule has 4 nitrogen and oxygen atoms in total. The van der Waals surface area contributed by atoms with Crippen molar-refractivity contribution < 1.29 is 4.74 Å². The molecule has 1 fully saturated rings. The van der Waals surface area contributed by atoms with E-state index in [0.29, 0.717) is 16.1 Å². The Bertz CT molecular complexity index is 395. The Balaban J connectivity index is 1.98. The number of ether oxygens (including phenoxy) is 1. The smallest absolute Gasteiger partial charge is 0.188 e.